The van der Waals surface area contributed by atoms with E-state index in [1.165, 1.54) is 12.1 Å². The van der Waals surface area contributed by atoms with Crippen LogP contribution >= 0.6 is 0 Å². The maximum absolute atomic E-state index is 14.4. The maximum Gasteiger partial charge on any atom is 0.325 e. The van der Waals surface area contributed by atoms with Crippen molar-refractivity contribution in [2.75, 3.05) is 4.90 Å². The number of anilines is 2. The molecule has 0 saturated carbocycles. The molecular weight excluding hydrogens is 418 g/mol. The molecule has 0 atom stereocenters. The van der Waals surface area contributed by atoms with Crippen LogP contribution in [-0.2, 0) is 16.1 Å². The lowest BCUT2D eigenvalue weighted by Gasteiger charge is -2.22. The first-order valence-electron chi connectivity index (χ1n) is 8.81. The van der Waals surface area contributed by atoms with Gasteiger partial charge < -0.3 is 10.5 Å². The number of urea groups is 1. The monoisotopic (exact) mass is 433 g/mol. The highest BCUT2D eigenvalue weighted by Gasteiger charge is 2.25. The lowest BCUT2D eigenvalue weighted by molar-refractivity contribution is -0.142. The predicted octanol–water partition coefficient (Wildman–Crippen LogP) is 4.58. The Balaban J connectivity index is 2.21. The number of esters is 1. The van der Waals surface area contributed by atoms with Gasteiger partial charge in [0, 0.05) is 24.1 Å². The number of para-hydroxylation sites is 1. The molecule has 31 heavy (non-hydrogen) atoms. The average molecular weight is 433 g/mol. The summed E-state index contributed by atoms with van der Waals surface area (Å²) < 4.78 is 61.3. The number of carbonyl (C=O) groups is 2. The molecular formula is C21H15F4N3O3. The van der Waals surface area contributed by atoms with Gasteiger partial charge in [-0.15, -0.1) is 0 Å². The third kappa shape index (κ3) is 4.63. The van der Waals surface area contributed by atoms with Gasteiger partial charge in [-0.3, -0.25) is 4.79 Å². The van der Waals surface area contributed by atoms with Gasteiger partial charge in [-0.1, -0.05) is 6.07 Å². The lowest BCUT2D eigenvalue weighted by atomic mass is 10.1. The van der Waals surface area contributed by atoms with Crippen molar-refractivity contribution in [1.82, 2.24) is 4.98 Å². The molecule has 6 nitrogen and oxygen atoms in total. The summed E-state index contributed by atoms with van der Waals surface area (Å²) in [6, 6.07) is 6.88. The van der Waals surface area contributed by atoms with Crippen LogP contribution in [0, 0.1) is 23.3 Å². The first-order valence-corrected chi connectivity index (χ1v) is 8.81. The van der Waals surface area contributed by atoms with Crippen molar-refractivity contribution in [1.29, 1.82) is 0 Å². The van der Waals surface area contributed by atoms with Gasteiger partial charge in [0.25, 0.3) is 0 Å². The first-order chi connectivity index (χ1) is 14.7. The van der Waals surface area contributed by atoms with E-state index in [0.29, 0.717) is 11.0 Å². The SMILES string of the molecule is CC(=O)OCc1ccc(N(C(N)=O)c2c(F)cccc2F)nc1-c1ccc(F)cc1F. The number of rotatable bonds is 5. The topological polar surface area (TPSA) is 85.5 Å². The summed E-state index contributed by atoms with van der Waals surface area (Å²) in [6.45, 7) is 0.842. The molecule has 0 aliphatic rings. The number of benzene rings is 2. The van der Waals surface area contributed by atoms with Crippen LogP contribution in [0.2, 0.25) is 0 Å². The van der Waals surface area contributed by atoms with Crippen LogP contribution in [-0.4, -0.2) is 17.0 Å². The molecule has 0 saturated heterocycles. The Morgan fingerprint density at radius 1 is 1.00 bits per heavy atom. The van der Waals surface area contributed by atoms with Crippen molar-refractivity contribution in [3.63, 3.8) is 0 Å². The number of hydrogen-bond donors (Lipinski definition) is 1. The molecule has 2 aromatic carbocycles. The van der Waals surface area contributed by atoms with E-state index in [2.05, 4.69) is 4.98 Å². The zero-order valence-electron chi connectivity index (χ0n) is 16.0. The van der Waals surface area contributed by atoms with Crippen LogP contribution in [0.4, 0.5) is 33.9 Å². The number of nitrogens with two attached hydrogens (primary N) is 1. The number of primary amides is 1. The van der Waals surface area contributed by atoms with E-state index in [1.807, 2.05) is 0 Å². The Hall–Kier alpha value is -3.95. The molecule has 1 aromatic heterocycles. The minimum Gasteiger partial charge on any atom is -0.461 e. The standard InChI is InChI=1S/C21H15F4N3O3/c1-11(29)31-10-12-5-8-18(27-19(12)14-7-6-13(22)9-17(14)25)28(21(26)30)20-15(23)3-2-4-16(20)24/h2-9H,10H2,1H3,(H2,26,30). The molecule has 0 unspecified atom stereocenters. The van der Waals surface area contributed by atoms with Crippen molar-refractivity contribution in [3.05, 3.63) is 77.4 Å². The molecule has 160 valence electrons. The van der Waals surface area contributed by atoms with Crippen LogP contribution < -0.4 is 10.6 Å². The van der Waals surface area contributed by atoms with E-state index in [-0.39, 0.29) is 29.2 Å². The molecule has 0 bridgehead atoms. The predicted molar refractivity (Wildman–Crippen MR) is 103 cm³/mol. The van der Waals surface area contributed by atoms with E-state index in [1.54, 1.807) is 0 Å². The largest absolute Gasteiger partial charge is 0.461 e. The van der Waals surface area contributed by atoms with Crippen LogP contribution in [0.25, 0.3) is 11.3 Å². The van der Waals surface area contributed by atoms with Crippen LogP contribution in [0.5, 0.6) is 0 Å². The number of amides is 2. The summed E-state index contributed by atoms with van der Waals surface area (Å²) in [6.07, 6.45) is 0. The van der Waals surface area contributed by atoms with Crippen molar-refractivity contribution in [3.8, 4) is 11.3 Å². The fraction of sp³-hybridized carbons (Fsp3) is 0.0952. The molecule has 10 heteroatoms. The fourth-order valence-electron chi connectivity index (χ4n) is 2.85. The highest BCUT2D eigenvalue weighted by Crippen LogP contribution is 2.33. The van der Waals surface area contributed by atoms with E-state index in [9.17, 15) is 27.2 Å². The van der Waals surface area contributed by atoms with Gasteiger partial charge in [0.15, 0.2) is 0 Å². The molecule has 0 aliphatic carbocycles. The van der Waals surface area contributed by atoms with Gasteiger partial charge in [0.1, 0.15) is 41.4 Å². The summed E-state index contributed by atoms with van der Waals surface area (Å²) in [7, 11) is 0. The minimum absolute atomic E-state index is 0.140. The zero-order valence-corrected chi connectivity index (χ0v) is 16.0. The van der Waals surface area contributed by atoms with Gasteiger partial charge in [-0.2, -0.15) is 0 Å². The highest BCUT2D eigenvalue weighted by atomic mass is 19.1. The second-order valence-corrected chi connectivity index (χ2v) is 6.33. The van der Waals surface area contributed by atoms with Crippen molar-refractivity contribution in [2.24, 2.45) is 5.73 Å². The average Bonchev–Trinajstić information content (AvgIpc) is 2.69. The third-order valence-corrected chi connectivity index (χ3v) is 4.19. The molecule has 3 rings (SSSR count). The summed E-state index contributed by atoms with van der Waals surface area (Å²) >= 11 is 0. The molecule has 2 amide bonds. The number of nitrogens with zero attached hydrogens (tertiary/aromatic N) is 2. The molecule has 2 N–H and O–H groups in total. The molecule has 0 radical (unpaired) electrons. The number of ether oxygens (including phenoxy) is 1. The quantitative estimate of drug-likeness (QED) is 0.471. The Labute approximate surface area is 173 Å². The lowest BCUT2D eigenvalue weighted by Crippen LogP contribution is -2.33. The Bertz CT molecular complexity index is 1150. The van der Waals surface area contributed by atoms with Crippen LogP contribution in [0.15, 0.2) is 48.5 Å². The van der Waals surface area contributed by atoms with E-state index in [4.69, 9.17) is 10.5 Å². The number of hydrogen-bond acceptors (Lipinski definition) is 4. The normalized spacial score (nSPS) is 10.6. The Morgan fingerprint density at radius 2 is 1.68 bits per heavy atom. The van der Waals surface area contributed by atoms with Gasteiger partial charge in [0.05, 0.1) is 5.69 Å². The molecule has 3 aromatic rings. The fourth-order valence-corrected chi connectivity index (χ4v) is 2.85. The summed E-state index contributed by atoms with van der Waals surface area (Å²) in [5.41, 5.74) is 4.42. The Kier molecular flexibility index (Phi) is 6.19. The van der Waals surface area contributed by atoms with Gasteiger partial charge in [-0.25, -0.2) is 32.2 Å². The van der Waals surface area contributed by atoms with E-state index in [0.717, 1.165) is 37.3 Å². The summed E-state index contributed by atoms with van der Waals surface area (Å²) in [4.78, 5) is 27.8. The second kappa shape index (κ2) is 8.82. The molecule has 0 fully saturated rings. The van der Waals surface area contributed by atoms with Crippen molar-refractivity contribution in [2.45, 2.75) is 13.5 Å². The van der Waals surface area contributed by atoms with Crippen molar-refractivity contribution < 1.29 is 31.9 Å². The van der Waals surface area contributed by atoms with E-state index < -0.39 is 41.0 Å². The van der Waals surface area contributed by atoms with Crippen molar-refractivity contribution >= 4 is 23.5 Å². The number of carbonyl (C=O) groups excluding carboxylic acids is 2. The number of halogens is 4. The van der Waals surface area contributed by atoms with Gasteiger partial charge in [0.2, 0.25) is 0 Å². The minimum atomic E-state index is -1.25. The van der Waals surface area contributed by atoms with Gasteiger partial charge >= 0.3 is 12.0 Å². The van der Waals surface area contributed by atoms with Crippen LogP contribution in [0.1, 0.15) is 12.5 Å². The smallest absolute Gasteiger partial charge is 0.325 e. The maximum atomic E-state index is 14.4. The molecule has 1 heterocycles. The molecule has 0 aliphatic heterocycles. The second-order valence-electron chi connectivity index (χ2n) is 6.33. The molecule has 0 spiro atoms. The van der Waals surface area contributed by atoms with Gasteiger partial charge in [-0.05, 0) is 36.4 Å². The van der Waals surface area contributed by atoms with E-state index >= 15 is 0 Å². The van der Waals surface area contributed by atoms with Crippen LogP contribution in [0.3, 0.4) is 0 Å². The number of pyridine rings is 1. The summed E-state index contributed by atoms with van der Waals surface area (Å²) in [5.74, 6) is -4.95. The first kappa shape index (κ1) is 21.8. The Morgan fingerprint density at radius 3 is 2.26 bits per heavy atom. The zero-order chi connectivity index (χ0) is 22.7. The highest BCUT2D eigenvalue weighted by molar-refractivity contribution is 5.98. The summed E-state index contributed by atoms with van der Waals surface area (Å²) in [5, 5.41) is 0. The number of aromatic nitrogens is 1. The third-order valence-electron chi connectivity index (χ3n) is 4.19.